The Labute approximate surface area is 147 Å². The highest BCUT2D eigenvalue weighted by atomic mass is 19.1. The van der Waals surface area contributed by atoms with Crippen LogP contribution in [-0.2, 0) is 0 Å². The van der Waals surface area contributed by atoms with Crippen LogP contribution in [-0.4, -0.2) is 33.9 Å². The van der Waals surface area contributed by atoms with Gasteiger partial charge in [-0.3, -0.25) is 4.79 Å². The van der Waals surface area contributed by atoms with Crippen molar-refractivity contribution >= 4 is 5.91 Å². The number of aryl methyl sites for hydroxylation is 1. The Morgan fingerprint density at radius 1 is 1.36 bits per heavy atom. The van der Waals surface area contributed by atoms with Crippen LogP contribution < -0.4 is 5.32 Å². The van der Waals surface area contributed by atoms with Crippen LogP contribution in [0.3, 0.4) is 0 Å². The van der Waals surface area contributed by atoms with E-state index in [1.165, 1.54) is 12.1 Å². The lowest BCUT2D eigenvalue weighted by atomic mass is 9.94. The van der Waals surface area contributed by atoms with Gasteiger partial charge in [0.15, 0.2) is 5.69 Å². The first kappa shape index (κ1) is 19.1. The highest BCUT2D eigenvalue weighted by Gasteiger charge is 2.16. The Morgan fingerprint density at radius 2 is 2.12 bits per heavy atom. The molecule has 0 spiro atoms. The third-order valence-electron chi connectivity index (χ3n) is 4.07. The molecular weight excluding hydrogens is 321 g/mol. The standard InChI is InChI=1S/C19H26FN3O2/c1-13(2)9-15(7-8-24)12-21-19(25)18-10-14(3)23(22-18)17-6-4-5-16(20)11-17/h4-6,10-11,13,15,24H,7-9,12H2,1-3H3,(H,21,25). The second-order valence-electron chi connectivity index (χ2n) is 6.78. The van der Waals surface area contributed by atoms with E-state index in [-0.39, 0.29) is 24.2 Å². The Hall–Kier alpha value is -2.21. The molecule has 2 aromatic rings. The molecule has 136 valence electrons. The maximum atomic E-state index is 13.4. The van der Waals surface area contributed by atoms with Gasteiger partial charge < -0.3 is 10.4 Å². The number of benzene rings is 1. The molecule has 0 aliphatic rings. The van der Waals surface area contributed by atoms with Crippen molar-refractivity contribution in [3.05, 3.63) is 47.5 Å². The Morgan fingerprint density at radius 3 is 2.76 bits per heavy atom. The normalized spacial score (nSPS) is 12.4. The number of nitrogens with zero attached hydrogens (tertiary/aromatic N) is 2. The molecule has 1 unspecified atom stereocenters. The van der Waals surface area contributed by atoms with Gasteiger partial charge >= 0.3 is 0 Å². The largest absolute Gasteiger partial charge is 0.396 e. The zero-order chi connectivity index (χ0) is 18.4. The molecule has 0 aliphatic carbocycles. The summed E-state index contributed by atoms with van der Waals surface area (Å²) < 4.78 is 14.9. The summed E-state index contributed by atoms with van der Waals surface area (Å²) in [6, 6.07) is 7.78. The van der Waals surface area contributed by atoms with Gasteiger partial charge in [0.1, 0.15) is 5.82 Å². The van der Waals surface area contributed by atoms with Crippen molar-refractivity contribution in [1.82, 2.24) is 15.1 Å². The first-order chi connectivity index (χ1) is 11.9. The Bertz CT molecular complexity index is 712. The number of nitrogens with one attached hydrogen (secondary N) is 1. The zero-order valence-electron chi connectivity index (χ0n) is 15.0. The summed E-state index contributed by atoms with van der Waals surface area (Å²) in [4.78, 5) is 12.4. The van der Waals surface area contributed by atoms with E-state index in [9.17, 15) is 9.18 Å². The minimum atomic E-state index is -0.348. The van der Waals surface area contributed by atoms with Crippen molar-refractivity contribution in [3.8, 4) is 5.69 Å². The topological polar surface area (TPSA) is 67.2 Å². The number of aromatic nitrogens is 2. The summed E-state index contributed by atoms with van der Waals surface area (Å²) in [5.74, 6) is 0.132. The molecule has 0 radical (unpaired) electrons. The summed E-state index contributed by atoms with van der Waals surface area (Å²) in [5, 5.41) is 16.3. The van der Waals surface area contributed by atoms with Crippen molar-refractivity contribution in [2.45, 2.75) is 33.6 Å². The SMILES string of the molecule is Cc1cc(C(=O)NCC(CCO)CC(C)C)nn1-c1cccc(F)c1. The summed E-state index contributed by atoms with van der Waals surface area (Å²) in [6.07, 6.45) is 1.60. The van der Waals surface area contributed by atoms with Gasteiger partial charge in [0, 0.05) is 18.8 Å². The lowest BCUT2D eigenvalue weighted by Crippen LogP contribution is -2.30. The van der Waals surface area contributed by atoms with Crippen LogP contribution >= 0.6 is 0 Å². The fourth-order valence-electron chi connectivity index (χ4n) is 2.93. The van der Waals surface area contributed by atoms with E-state index in [2.05, 4.69) is 24.3 Å². The van der Waals surface area contributed by atoms with Gasteiger partial charge in [0.05, 0.1) is 5.69 Å². The van der Waals surface area contributed by atoms with E-state index in [1.54, 1.807) is 22.9 Å². The Kier molecular flexibility index (Phi) is 6.70. The maximum absolute atomic E-state index is 13.4. The van der Waals surface area contributed by atoms with Gasteiger partial charge in [-0.05, 0) is 55.9 Å². The molecule has 0 saturated heterocycles. The summed E-state index contributed by atoms with van der Waals surface area (Å²) in [7, 11) is 0. The average molecular weight is 347 g/mol. The van der Waals surface area contributed by atoms with Crippen molar-refractivity contribution in [2.24, 2.45) is 11.8 Å². The molecule has 1 atom stereocenters. The van der Waals surface area contributed by atoms with Crippen LogP contribution in [0.25, 0.3) is 5.69 Å². The smallest absolute Gasteiger partial charge is 0.271 e. The van der Waals surface area contributed by atoms with Crippen molar-refractivity contribution in [2.75, 3.05) is 13.2 Å². The lowest BCUT2D eigenvalue weighted by Gasteiger charge is -2.18. The number of amides is 1. The molecule has 6 heteroatoms. The summed E-state index contributed by atoms with van der Waals surface area (Å²) >= 11 is 0. The molecule has 1 amide bonds. The minimum Gasteiger partial charge on any atom is -0.396 e. The van der Waals surface area contributed by atoms with Gasteiger partial charge in [-0.1, -0.05) is 19.9 Å². The van der Waals surface area contributed by atoms with Crippen molar-refractivity contribution in [1.29, 1.82) is 0 Å². The van der Waals surface area contributed by atoms with E-state index in [4.69, 9.17) is 5.11 Å². The van der Waals surface area contributed by atoms with Crippen LogP contribution in [0.5, 0.6) is 0 Å². The van der Waals surface area contributed by atoms with Crippen molar-refractivity contribution < 1.29 is 14.3 Å². The Balaban J connectivity index is 2.06. The molecule has 1 aromatic carbocycles. The van der Waals surface area contributed by atoms with Gasteiger partial charge in [-0.2, -0.15) is 5.10 Å². The van der Waals surface area contributed by atoms with Crippen LogP contribution in [0.1, 0.15) is 42.9 Å². The maximum Gasteiger partial charge on any atom is 0.271 e. The number of hydrogen-bond acceptors (Lipinski definition) is 3. The molecule has 0 aliphatic heterocycles. The van der Waals surface area contributed by atoms with E-state index in [0.29, 0.717) is 30.3 Å². The number of carbonyl (C=O) groups is 1. The molecule has 2 N–H and O–H groups in total. The first-order valence-electron chi connectivity index (χ1n) is 8.62. The average Bonchev–Trinajstić information content (AvgIpc) is 2.94. The van der Waals surface area contributed by atoms with Crippen LogP contribution in [0.15, 0.2) is 30.3 Å². The molecule has 0 saturated carbocycles. The molecule has 2 rings (SSSR count). The first-order valence-corrected chi connectivity index (χ1v) is 8.62. The second-order valence-corrected chi connectivity index (χ2v) is 6.78. The van der Waals surface area contributed by atoms with Crippen LogP contribution in [0, 0.1) is 24.6 Å². The predicted octanol–water partition coefficient (Wildman–Crippen LogP) is 3.09. The van der Waals surface area contributed by atoms with Crippen LogP contribution in [0.2, 0.25) is 0 Å². The van der Waals surface area contributed by atoms with E-state index in [1.807, 2.05) is 6.92 Å². The number of aliphatic hydroxyl groups excluding tert-OH is 1. The molecule has 1 aromatic heterocycles. The molecule has 25 heavy (non-hydrogen) atoms. The van der Waals surface area contributed by atoms with E-state index < -0.39 is 0 Å². The molecule has 0 bridgehead atoms. The quantitative estimate of drug-likeness (QED) is 0.771. The number of hydrogen-bond donors (Lipinski definition) is 2. The molecule has 5 nitrogen and oxygen atoms in total. The van der Waals surface area contributed by atoms with Gasteiger partial charge in [0.2, 0.25) is 0 Å². The second kappa shape index (κ2) is 8.76. The zero-order valence-corrected chi connectivity index (χ0v) is 15.0. The highest BCUT2D eigenvalue weighted by molar-refractivity contribution is 5.92. The molecular formula is C19H26FN3O2. The summed E-state index contributed by atoms with van der Waals surface area (Å²) in [6.45, 7) is 6.68. The van der Waals surface area contributed by atoms with Gasteiger partial charge in [-0.25, -0.2) is 9.07 Å². The summed E-state index contributed by atoms with van der Waals surface area (Å²) in [5.41, 5.74) is 1.63. The molecule has 0 fully saturated rings. The number of carbonyl (C=O) groups excluding carboxylic acids is 1. The molecule has 1 heterocycles. The third kappa shape index (κ3) is 5.39. The van der Waals surface area contributed by atoms with E-state index >= 15 is 0 Å². The fraction of sp³-hybridized carbons (Fsp3) is 0.474. The van der Waals surface area contributed by atoms with Gasteiger partial charge in [0.25, 0.3) is 5.91 Å². The number of aliphatic hydroxyl groups is 1. The third-order valence-corrected chi connectivity index (χ3v) is 4.07. The fourth-order valence-corrected chi connectivity index (χ4v) is 2.93. The monoisotopic (exact) mass is 347 g/mol. The van der Waals surface area contributed by atoms with Crippen LogP contribution in [0.4, 0.5) is 4.39 Å². The lowest BCUT2D eigenvalue weighted by molar-refractivity contribution is 0.0936. The highest BCUT2D eigenvalue weighted by Crippen LogP contribution is 2.16. The number of halogens is 1. The number of rotatable bonds is 8. The van der Waals surface area contributed by atoms with Crippen molar-refractivity contribution in [3.63, 3.8) is 0 Å². The van der Waals surface area contributed by atoms with Gasteiger partial charge in [-0.15, -0.1) is 0 Å². The predicted molar refractivity (Wildman–Crippen MR) is 95.2 cm³/mol. The minimum absolute atomic E-state index is 0.112. The van der Waals surface area contributed by atoms with E-state index in [0.717, 1.165) is 12.1 Å².